The van der Waals surface area contributed by atoms with Gasteiger partial charge in [-0.25, -0.2) is 14.0 Å². The third kappa shape index (κ3) is 2.89. The number of nitrogens with one attached hydrogen (secondary N) is 1. The Morgan fingerprint density at radius 3 is 2.80 bits per heavy atom. The van der Waals surface area contributed by atoms with Gasteiger partial charge in [0.15, 0.2) is 0 Å². The topological polar surface area (TPSA) is 69.6 Å². The Kier molecular flexibility index (Phi) is 3.92. The molecule has 0 saturated carbocycles. The maximum absolute atomic E-state index is 13.2. The lowest BCUT2D eigenvalue weighted by Gasteiger charge is -2.34. The van der Waals surface area contributed by atoms with E-state index >= 15 is 0 Å². The highest BCUT2D eigenvalue weighted by Gasteiger charge is 2.33. The summed E-state index contributed by atoms with van der Waals surface area (Å²) in [6, 6.07) is 2.69. The molecule has 0 aromatic heterocycles. The molecule has 0 unspecified atom stereocenters. The normalized spacial score (nSPS) is 15.8. The highest BCUT2D eigenvalue weighted by Crippen LogP contribution is 2.27. The average Bonchev–Trinajstić information content (AvgIpc) is 2.35. The predicted molar refractivity (Wildman–Crippen MR) is 71.8 cm³/mol. The third-order valence-corrected chi connectivity index (χ3v) is 3.27. The first kappa shape index (κ1) is 14.3. The van der Waals surface area contributed by atoms with Crippen molar-refractivity contribution in [1.82, 2.24) is 4.90 Å². The van der Waals surface area contributed by atoms with Gasteiger partial charge >= 0.3 is 12.0 Å². The Labute approximate surface area is 116 Å². The molecule has 1 heterocycles. The number of aliphatic carboxylic acids is 1. The van der Waals surface area contributed by atoms with Gasteiger partial charge in [0.1, 0.15) is 11.9 Å². The quantitative estimate of drug-likeness (QED) is 0.890. The lowest BCUT2D eigenvalue weighted by Crippen LogP contribution is -2.49. The lowest BCUT2D eigenvalue weighted by molar-refractivity contribution is -0.142. The van der Waals surface area contributed by atoms with Crippen LogP contribution in [-0.2, 0) is 11.3 Å². The standard InChI is InChI=1S/C14H17FN2O3/c1-8(2)5-12(13(18)19)17-7-9-6-10(15)3-4-11(9)16-14(17)20/h3-4,6,8,12H,5,7H2,1-2H3,(H,16,20)(H,18,19)/t12-/m1/s1. The van der Waals surface area contributed by atoms with Gasteiger partial charge in [0.25, 0.3) is 0 Å². The van der Waals surface area contributed by atoms with Gasteiger partial charge < -0.3 is 15.3 Å². The number of rotatable bonds is 4. The van der Waals surface area contributed by atoms with Crippen molar-refractivity contribution in [3.8, 4) is 0 Å². The largest absolute Gasteiger partial charge is 0.480 e. The summed E-state index contributed by atoms with van der Waals surface area (Å²) in [7, 11) is 0. The molecular weight excluding hydrogens is 263 g/mol. The molecule has 1 aliphatic rings. The van der Waals surface area contributed by atoms with E-state index in [4.69, 9.17) is 0 Å². The van der Waals surface area contributed by atoms with Crippen LogP contribution in [0.5, 0.6) is 0 Å². The van der Waals surface area contributed by atoms with Crippen molar-refractivity contribution in [3.63, 3.8) is 0 Å². The van der Waals surface area contributed by atoms with Gasteiger partial charge in [-0.05, 0) is 36.1 Å². The molecule has 0 bridgehead atoms. The number of anilines is 1. The van der Waals surface area contributed by atoms with Crippen molar-refractivity contribution in [2.24, 2.45) is 5.92 Å². The van der Waals surface area contributed by atoms with Crippen molar-refractivity contribution in [2.75, 3.05) is 5.32 Å². The number of carbonyl (C=O) groups is 2. The number of benzene rings is 1. The molecule has 6 heteroatoms. The predicted octanol–water partition coefficient (Wildman–Crippen LogP) is 2.67. The summed E-state index contributed by atoms with van der Waals surface area (Å²) < 4.78 is 13.2. The first-order valence-electron chi connectivity index (χ1n) is 6.47. The van der Waals surface area contributed by atoms with E-state index < -0.39 is 23.9 Å². The zero-order valence-corrected chi connectivity index (χ0v) is 11.4. The van der Waals surface area contributed by atoms with E-state index in [1.54, 1.807) is 0 Å². The van der Waals surface area contributed by atoms with Gasteiger partial charge in [-0.2, -0.15) is 0 Å². The van der Waals surface area contributed by atoms with Crippen LogP contribution < -0.4 is 5.32 Å². The van der Waals surface area contributed by atoms with E-state index in [0.29, 0.717) is 17.7 Å². The zero-order chi connectivity index (χ0) is 14.9. The van der Waals surface area contributed by atoms with E-state index in [-0.39, 0.29) is 12.5 Å². The van der Waals surface area contributed by atoms with Gasteiger partial charge in [-0.3, -0.25) is 0 Å². The van der Waals surface area contributed by atoms with E-state index in [1.165, 1.54) is 23.1 Å². The molecule has 2 N–H and O–H groups in total. The Bertz CT molecular complexity index is 545. The van der Waals surface area contributed by atoms with Gasteiger partial charge in [-0.15, -0.1) is 0 Å². The second-order valence-electron chi connectivity index (χ2n) is 5.34. The van der Waals surface area contributed by atoms with Gasteiger partial charge in [-0.1, -0.05) is 13.8 Å². The Balaban J connectivity index is 2.28. The minimum atomic E-state index is -1.05. The molecular formula is C14H17FN2O3. The maximum Gasteiger partial charge on any atom is 0.326 e. The van der Waals surface area contributed by atoms with Gasteiger partial charge in [0.2, 0.25) is 0 Å². The molecule has 0 fully saturated rings. The number of carbonyl (C=O) groups excluding carboxylic acids is 1. The van der Waals surface area contributed by atoms with Crippen LogP contribution in [0.15, 0.2) is 18.2 Å². The fourth-order valence-corrected chi connectivity index (χ4v) is 2.32. The summed E-state index contributed by atoms with van der Waals surface area (Å²) in [4.78, 5) is 24.6. The summed E-state index contributed by atoms with van der Waals surface area (Å²) in [5.74, 6) is -1.32. The molecule has 1 aromatic rings. The van der Waals surface area contributed by atoms with Gasteiger partial charge in [0.05, 0.1) is 6.54 Å². The van der Waals surface area contributed by atoms with Gasteiger partial charge in [0, 0.05) is 5.69 Å². The number of nitrogens with zero attached hydrogens (tertiary/aromatic N) is 1. The SMILES string of the molecule is CC(C)C[C@H](C(=O)O)N1Cc2cc(F)ccc2NC1=O. The summed E-state index contributed by atoms with van der Waals surface area (Å²) in [6.45, 7) is 3.89. The molecule has 0 radical (unpaired) electrons. The Morgan fingerprint density at radius 1 is 1.50 bits per heavy atom. The molecule has 1 aliphatic heterocycles. The number of carboxylic acids is 1. The number of hydrogen-bond donors (Lipinski definition) is 2. The first-order chi connectivity index (χ1) is 9.38. The van der Waals surface area contributed by atoms with Crippen molar-refractivity contribution < 1.29 is 19.1 Å². The second-order valence-corrected chi connectivity index (χ2v) is 5.34. The summed E-state index contributed by atoms with van der Waals surface area (Å²) in [5, 5.41) is 11.9. The van der Waals surface area contributed by atoms with E-state index in [2.05, 4.69) is 5.32 Å². The van der Waals surface area contributed by atoms with Crippen LogP contribution in [0.1, 0.15) is 25.8 Å². The molecule has 2 amide bonds. The summed E-state index contributed by atoms with van der Waals surface area (Å²) in [5.41, 5.74) is 1.11. The first-order valence-corrected chi connectivity index (χ1v) is 6.47. The molecule has 1 atom stereocenters. The molecule has 2 rings (SSSR count). The van der Waals surface area contributed by atoms with Crippen LogP contribution in [0.4, 0.5) is 14.9 Å². The van der Waals surface area contributed by atoms with Crippen molar-refractivity contribution in [1.29, 1.82) is 0 Å². The Morgan fingerprint density at radius 2 is 2.20 bits per heavy atom. The number of amides is 2. The average molecular weight is 280 g/mol. The zero-order valence-electron chi connectivity index (χ0n) is 11.4. The molecule has 0 spiro atoms. The van der Waals surface area contributed by atoms with Crippen molar-refractivity contribution in [2.45, 2.75) is 32.9 Å². The third-order valence-electron chi connectivity index (χ3n) is 3.27. The summed E-state index contributed by atoms with van der Waals surface area (Å²) >= 11 is 0. The highest BCUT2D eigenvalue weighted by molar-refractivity contribution is 5.94. The molecule has 108 valence electrons. The fourth-order valence-electron chi connectivity index (χ4n) is 2.32. The number of fused-ring (bicyclic) bond motifs is 1. The molecule has 20 heavy (non-hydrogen) atoms. The smallest absolute Gasteiger partial charge is 0.326 e. The number of hydrogen-bond acceptors (Lipinski definition) is 2. The van der Waals surface area contributed by atoms with E-state index in [9.17, 15) is 19.1 Å². The number of halogens is 1. The van der Waals surface area contributed by atoms with Crippen molar-refractivity contribution in [3.05, 3.63) is 29.6 Å². The van der Waals surface area contributed by atoms with Crippen molar-refractivity contribution >= 4 is 17.7 Å². The van der Waals surface area contributed by atoms with Crippen LogP contribution in [0.25, 0.3) is 0 Å². The minimum absolute atomic E-state index is 0.0998. The molecule has 1 aromatic carbocycles. The van der Waals surface area contributed by atoms with Crippen LogP contribution in [0, 0.1) is 11.7 Å². The van der Waals surface area contributed by atoms with Crippen LogP contribution in [0.2, 0.25) is 0 Å². The summed E-state index contributed by atoms with van der Waals surface area (Å²) in [6.07, 6.45) is 0.355. The van der Waals surface area contributed by atoms with Crippen LogP contribution in [0.3, 0.4) is 0 Å². The fraction of sp³-hybridized carbons (Fsp3) is 0.429. The number of carboxylic acid groups (broad SMARTS) is 1. The maximum atomic E-state index is 13.2. The highest BCUT2D eigenvalue weighted by atomic mass is 19.1. The van der Waals surface area contributed by atoms with E-state index in [1.807, 2.05) is 13.8 Å². The Hall–Kier alpha value is -2.11. The molecule has 5 nitrogen and oxygen atoms in total. The number of urea groups is 1. The van der Waals surface area contributed by atoms with E-state index in [0.717, 1.165) is 0 Å². The van der Waals surface area contributed by atoms with Crippen LogP contribution >= 0.6 is 0 Å². The second kappa shape index (κ2) is 5.48. The minimum Gasteiger partial charge on any atom is -0.480 e. The van der Waals surface area contributed by atoms with Crippen LogP contribution in [-0.4, -0.2) is 28.0 Å². The lowest BCUT2D eigenvalue weighted by atomic mass is 10.0. The monoisotopic (exact) mass is 280 g/mol. The molecule has 0 aliphatic carbocycles. The molecule has 0 saturated heterocycles.